The van der Waals surface area contributed by atoms with Crippen LogP contribution >= 0.6 is 11.3 Å². The van der Waals surface area contributed by atoms with E-state index in [1.165, 1.54) is 11.3 Å². The highest BCUT2D eigenvalue weighted by Gasteiger charge is 2.35. The molecule has 23 heavy (non-hydrogen) atoms. The van der Waals surface area contributed by atoms with Crippen LogP contribution < -0.4 is 5.32 Å². The monoisotopic (exact) mass is 339 g/mol. The molecule has 3 atom stereocenters. The minimum absolute atomic E-state index is 0.106. The van der Waals surface area contributed by atoms with Crippen molar-refractivity contribution in [1.29, 1.82) is 0 Å². The smallest absolute Gasteiger partial charge is 0.263 e. The number of aryl methyl sites for hydroxylation is 1. The summed E-state index contributed by atoms with van der Waals surface area (Å²) in [7, 11) is 0. The number of carbonyl (C=O) groups excluding carboxylic acids is 1. The molecule has 6 nitrogen and oxygen atoms in total. The molecule has 128 valence electrons. The van der Waals surface area contributed by atoms with Crippen molar-refractivity contribution >= 4 is 17.2 Å². The summed E-state index contributed by atoms with van der Waals surface area (Å²) in [5.74, 6) is -0.114. The van der Waals surface area contributed by atoms with E-state index in [0.29, 0.717) is 4.88 Å². The first-order valence-electron chi connectivity index (χ1n) is 8.37. The molecule has 2 N–H and O–H groups in total. The van der Waals surface area contributed by atoms with Gasteiger partial charge < -0.3 is 15.2 Å². The second-order valence-corrected chi connectivity index (χ2v) is 7.19. The van der Waals surface area contributed by atoms with Gasteiger partial charge in [-0.1, -0.05) is 12.8 Å². The van der Waals surface area contributed by atoms with Crippen molar-refractivity contribution in [1.82, 2.24) is 15.2 Å². The molecule has 0 aromatic carbocycles. The van der Waals surface area contributed by atoms with E-state index >= 15 is 0 Å². The Morgan fingerprint density at radius 3 is 2.83 bits per heavy atom. The number of thiazole rings is 1. The van der Waals surface area contributed by atoms with Gasteiger partial charge in [-0.05, 0) is 19.8 Å². The highest BCUT2D eigenvalue weighted by molar-refractivity contribution is 7.11. The van der Waals surface area contributed by atoms with Crippen molar-refractivity contribution in [2.75, 3.05) is 26.3 Å². The van der Waals surface area contributed by atoms with Gasteiger partial charge in [0.05, 0.1) is 36.6 Å². The lowest BCUT2D eigenvalue weighted by Gasteiger charge is -2.38. The molecule has 2 heterocycles. The van der Waals surface area contributed by atoms with E-state index in [2.05, 4.69) is 15.2 Å². The molecule has 1 saturated heterocycles. The van der Waals surface area contributed by atoms with Crippen LogP contribution in [0.15, 0.2) is 5.51 Å². The normalized spacial score (nSPS) is 29.9. The fourth-order valence-corrected chi connectivity index (χ4v) is 4.25. The summed E-state index contributed by atoms with van der Waals surface area (Å²) in [6, 6.07) is -0.0893. The third-order valence-electron chi connectivity index (χ3n) is 4.85. The predicted octanol–water partition coefficient (Wildman–Crippen LogP) is 1.19. The van der Waals surface area contributed by atoms with Gasteiger partial charge in [0.25, 0.3) is 5.91 Å². The molecule has 1 aromatic rings. The quantitative estimate of drug-likeness (QED) is 0.809. The zero-order valence-corrected chi connectivity index (χ0v) is 14.3. The number of nitrogens with one attached hydrogen (secondary N) is 1. The maximum Gasteiger partial charge on any atom is 0.263 e. The Balaban J connectivity index is 1.67. The van der Waals surface area contributed by atoms with Crippen LogP contribution in [0.3, 0.4) is 0 Å². The molecule has 3 rings (SSSR count). The molecular formula is C16H25N3O3S. The van der Waals surface area contributed by atoms with Crippen molar-refractivity contribution in [3.05, 3.63) is 16.1 Å². The van der Waals surface area contributed by atoms with Crippen LogP contribution in [0.25, 0.3) is 0 Å². The van der Waals surface area contributed by atoms with E-state index in [-0.39, 0.29) is 18.0 Å². The topological polar surface area (TPSA) is 74.7 Å². The van der Waals surface area contributed by atoms with Crippen LogP contribution in [0.1, 0.15) is 41.0 Å². The van der Waals surface area contributed by atoms with Crippen LogP contribution in [-0.4, -0.2) is 65.4 Å². The molecule has 2 aliphatic rings. The third kappa shape index (κ3) is 3.91. The number of rotatable bonds is 3. The molecule has 1 amide bonds. The molecule has 1 aromatic heterocycles. The van der Waals surface area contributed by atoms with Crippen LogP contribution in [-0.2, 0) is 4.74 Å². The minimum Gasteiger partial charge on any atom is -0.389 e. The van der Waals surface area contributed by atoms with Gasteiger partial charge in [0.2, 0.25) is 0 Å². The van der Waals surface area contributed by atoms with Crippen molar-refractivity contribution in [2.24, 2.45) is 0 Å². The van der Waals surface area contributed by atoms with E-state index in [9.17, 15) is 9.90 Å². The number of hydrogen-bond acceptors (Lipinski definition) is 6. The Hall–Kier alpha value is -1.02. The zero-order chi connectivity index (χ0) is 16.2. The standard InChI is InChI=1S/C16H25N3O3S/c1-11-15(23-10-17-11)16(21)18-12-4-2-3-5-13(14(12)20)19-6-8-22-9-7-19/h10,12-14,20H,2-9H2,1H3,(H,18,21)/t12-,13-,14-/m1/s1. The predicted molar refractivity (Wildman–Crippen MR) is 88.8 cm³/mol. The van der Waals surface area contributed by atoms with Crippen molar-refractivity contribution < 1.29 is 14.6 Å². The van der Waals surface area contributed by atoms with Gasteiger partial charge in [0.15, 0.2) is 0 Å². The summed E-state index contributed by atoms with van der Waals surface area (Å²) < 4.78 is 5.41. The molecule has 0 unspecified atom stereocenters. The molecular weight excluding hydrogens is 314 g/mol. The van der Waals surface area contributed by atoms with Crippen molar-refractivity contribution in [2.45, 2.75) is 50.8 Å². The number of morpholine rings is 1. The fraction of sp³-hybridized carbons (Fsp3) is 0.750. The van der Waals surface area contributed by atoms with Gasteiger partial charge in [-0.2, -0.15) is 0 Å². The van der Waals surface area contributed by atoms with Gasteiger partial charge in [-0.15, -0.1) is 11.3 Å². The second kappa shape index (κ2) is 7.70. The van der Waals surface area contributed by atoms with Crippen LogP contribution in [0.2, 0.25) is 0 Å². The van der Waals surface area contributed by atoms with Gasteiger partial charge in [0, 0.05) is 19.1 Å². The fourth-order valence-electron chi connectivity index (χ4n) is 3.55. The maximum atomic E-state index is 12.5. The lowest BCUT2D eigenvalue weighted by atomic mass is 9.99. The Labute approximate surface area is 140 Å². The number of nitrogens with zero attached hydrogens (tertiary/aromatic N) is 2. The first-order valence-corrected chi connectivity index (χ1v) is 9.25. The first-order chi connectivity index (χ1) is 11.2. The highest BCUT2D eigenvalue weighted by Crippen LogP contribution is 2.24. The molecule has 1 aliphatic carbocycles. The summed E-state index contributed by atoms with van der Waals surface area (Å²) in [6.07, 6.45) is 3.39. The SMILES string of the molecule is Cc1ncsc1C(=O)N[C@@H]1CCCC[C@@H](N2CCOCC2)[C@@H]1O. The Bertz CT molecular complexity index is 530. The molecule has 2 fully saturated rings. The molecule has 0 radical (unpaired) electrons. The van der Waals surface area contributed by atoms with Gasteiger partial charge in [0.1, 0.15) is 4.88 Å². The number of aliphatic hydroxyl groups is 1. The minimum atomic E-state index is -0.534. The van der Waals surface area contributed by atoms with Gasteiger partial charge in [-0.3, -0.25) is 9.69 Å². The number of ether oxygens (including phenoxy) is 1. The third-order valence-corrected chi connectivity index (χ3v) is 5.78. The van der Waals surface area contributed by atoms with E-state index < -0.39 is 6.10 Å². The average Bonchev–Trinajstić information content (AvgIpc) is 2.91. The molecule has 1 saturated carbocycles. The Kier molecular flexibility index (Phi) is 5.63. The zero-order valence-electron chi connectivity index (χ0n) is 13.5. The summed E-state index contributed by atoms with van der Waals surface area (Å²) in [4.78, 5) is 19.5. The Morgan fingerprint density at radius 1 is 1.39 bits per heavy atom. The largest absolute Gasteiger partial charge is 0.389 e. The van der Waals surface area contributed by atoms with E-state index in [4.69, 9.17) is 4.74 Å². The molecule has 0 bridgehead atoms. The summed E-state index contributed by atoms with van der Waals surface area (Å²) in [5, 5.41) is 13.9. The first kappa shape index (κ1) is 16.8. The molecule has 1 aliphatic heterocycles. The molecule has 0 spiro atoms. The van der Waals surface area contributed by atoms with Crippen molar-refractivity contribution in [3.8, 4) is 0 Å². The van der Waals surface area contributed by atoms with E-state index in [0.717, 1.165) is 57.7 Å². The van der Waals surface area contributed by atoms with E-state index in [1.54, 1.807) is 5.51 Å². The second-order valence-electron chi connectivity index (χ2n) is 6.34. The lowest BCUT2D eigenvalue weighted by Crippen LogP contribution is -2.55. The summed E-state index contributed by atoms with van der Waals surface area (Å²) in [6.45, 7) is 5.00. The number of aromatic nitrogens is 1. The number of carbonyl (C=O) groups is 1. The van der Waals surface area contributed by atoms with E-state index in [1.807, 2.05) is 6.92 Å². The number of amides is 1. The van der Waals surface area contributed by atoms with Crippen LogP contribution in [0.5, 0.6) is 0 Å². The van der Waals surface area contributed by atoms with Crippen LogP contribution in [0, 0.1) is 6.92 Å². The Morgan fingerprint density at radius 2 is 2.13 bits per heavy atom. The molecule has 7 heteroatoms. The lowest BCUT2D eigenvalue weighted by molar-refractivity contribution is -0.0308. The number of hydrogen-bond donors (Lipinski definition) is 2. The van der Waals surface area contributed by atoms with Crippen molar-refractivity contribution in [3.63, 3.8) is 0 Å². The van der Waals surface area contributed by atoms with Gasteiger partial charge in [-0.25, -0.2) is 4.98 Å². The summed E-state index contributed by atoms with van der Waals surface area (Å²) >= 11 is 1.35. The highest BCUT2D eigenvalue weighted by atomic mass is 32.1. The van der Waals surface area contributed by atoms with Crippen LogP contribution in [0.4, 0.5) is 0 Å². The average molecular weight is 339 g/mol. The summed E-state index contributed by atoms with van der Waals surface area (Å²) in [5.41, 5.74) is 2.44. The number of aliphatic hydroxyl groups excluding tert-OH is 1. The van der Waals surface area contributed by atoms with Gasteiger partial charge >= 0.3 is 0 Å². The maximum absolute atomic E-state index is 12.5.